The summed E-state index contributed by atoms with van der Waals surface area (Å²) in [5.74, 6) is -0.525. The number of methoxy groups -OCH3 is 3. The van der Waals surface area contributed by atoms with Crippen LogP contribution in [-0.4, -0.2) is 33.3 Å². The average molecular weight is 391 g/mol. The normalized spacial score (nSPS) is 13.1. The average Bonchev–Trinajstić information content (AvgIpc) is 3.01. The lowest BCUT2D eigenvalue weighted by molar-refractivity contribution is -0.139. The van der Waals surface area contributed by atoms with E-state index < -0.39 is 11.9 Å². The molecule has 3 rings (SSSR count). The standard InChI is InChI=1S/C23H21NO5/c1-27-19-11-7-9-17(15-19)16-8-6-10-18(14-16)24-13-5-4-12-20(22(25)28-2)21(24)23(26)29-3/h4-15H,1-3H3. The summed E-state index contributed by atoms with van der Waals surface area (Å²) in [7, 11) is 4.16. The second kappa shape index (κ2) is 8.93. The van der Waals surface area contributed by atoms with Crippen molar-refractivity contribution in [1.82, 2.24) is 0 Å². The van der Waals surface area contributed by atoms with Crippen LogP contribution in [-0.2, 0) is 19.1 Å². The molecule has 6 heteroatoms. The summed E-state index contributed by atoms with van der Waals surface area (Å²) < 4.78 is 15.1. The summed E-state index contributed by atoms with van der Waals surface area (Å²) in [6, 6.07) is 15.3. The molecule has 2 aromatic rings. The molecule has 0 spiro atoms. The molecule has 0 aromatic heterocycles. The van der Waals surface area contributed by atoms with Crippen LogP contribution in [0.25, 0.3) is 11.1 Å². The van der Waals surface area contributed by atoms with E-state index in [0.717, 1.165) is 16.9 Å². The predicted molar refractivity (Wildman–Crippen MR) is 110 cm³/mol. The van der Waals surface area contributed by atoms with Crippen molar-refractivity contribution >= 4 is 17.6 Å². The van der Waals surface area contributed by atoms with Crippen molar-refractivity contribution in [3.63, 3.8) is 0 Å². The zero-order valence-corrected chi connectivity index (χ0v) is 16.4. The third-order valence-electron chi connectivity index (χ3n) is 4.42. The van der Waals surface area contributed by atoms with Crippen LogP contribution in [0.15, 0.2) is 84.2 Å². The van der Waals surface area contributed by atoms with E-state index in [1.54, 1.807) is 30.4 Å². The van der Waals surface area contributed by atoms with Gasteiger partial charge in [-0.1, -0.05) is 30.3 Å². The molecule has 1 aliphatic heterocycles. The van der Waals surface area contributed by atoms with E-state index in [4.69, 9.17) is 14.2 Å². The van der Waals surface area contributed by atoms with Crippen LogP contribution in [0, 0.1) is 0 Å². The maximum atomic E-state index is 12.6. The van der Waals surface area contributed by atoms with Crippen LogP contribution in [0.1, 0.15) is 0 Å². The van der Waals surface area contributed by atoms with E-state index in [1.165, 1.54) is 20.3 Å². The number of carbonyl (C=O) groups is 2. The number of rotatable bonds is 5. The zero-order chi connectivity index (χ0) is 20.8. The maximum Gasteiger partial charge on any atom is 0.355 e. The molecule has 0 saturated heterocycles. The summed E-state index contributed by atoms with van der Waals surface area (Å²) in [6.45, 7) is 0. The van der Waals surface area contributed by atoms with Gasteiger partial charge in [0.1, 0.15) is 11.4 Å². The van der Waals surface area contributed by atoms with Crippen molar-refractivity contribution in [3.8, 4) is 16.9 Å². The van der Waals surface area contributed by atoms with Gasteiger partial charge in [-0.25, -0.2) is 9.59 Å². The Morgan fingerprint density at radius 1 is 0.828 bits per heavy atom. The van der Waals surface area contributed by atoms with Crippen molar-refractivity contribution in [2.45, 2.75) is 0 Å². The maximum absolute atomic E-state index is 12.6. The highest BCUT2D eigenvalue weighted by atomic mass is 16.5. The number of nitrogens with zero attached hydrogens (tertiary/aromatic N) is 1. The minimum Gasteiger partial charge on any atom is -0.497 e. The van der Waals surface area contributed by atoms with Gasteiger partial charge in [-0.05, 0) is 47.5 Å². The third-order valence-corrected chi connectivity index (χ3v) is 4.42. The highest BCUT2D eigenvalue weighted by Gasteiger charge is 2.27. The smallest absolute Gasteiger partial charge is 0.355 e. The Morgan fingerprint density at radius 2 is 1.52 bits per heavy atom. The van der Waals surface area contributed by atoms with E-state index in [2.05, 4.69) is 0 Å². The molecule has 0 unspecified atom stereocenters. The van der Waals surface area contributed by atoms with Gasteiger partial charge in [0.25, 0.3) is 0 Å². The van der Waals surface area contributed by atoms with Gasteiger partial charge in [-0.2, -0.15) is 0 Å². The lowest BCUT2D eigenvalue weighted by Crippen LogP contribution is -2.26. The monoisotopic (exact) mass is 391 g/mol. The summed E-state index contributed by atoms with van der Waals surface area (Å²) in [5.41, 5.74) is 2.76. The molecular weight excluding hydrogens is 370 g/mol. The summed E-state index contributed by atoms with van der Waals surface area (Å²) in [5, 5.41) is 0. The lowest BCUT2D eigenvalue weighted by atomic mass is 10.0. The number of hydrogen-bond donors (Lipinski definition) is 0. The topological polar surface area (TPSA) is 65.1 Å². The van der Waals surface area contributed by atoms with Gasteiger partial charge < -0.3 is 19.1 Å². The van der Waals surface area contributed by atoms with Crippen LogP contribution in [0.4, 0.5) is 5.69 Å². The minimum atomic E-state index is -0.645. The van der Waals surface area contributed by atoms with Gasteiger partial charge >= 0.3 is 11.9 Å². The highest BCUT2D eigenvalue weighted by Crippen LogP contribution is 2.31. The summed E-state index contributed by atoms with van der Waals surface area (Å²) >= 11 is 0. The summed E-state index contributed by atoms with van der Waals surface area (Å²) in [4.78, 5) is 26.5. The molecule has 0 N–H and O–H groups in total. The van der Waals surface area contributed by atoms with Crippen molar-refractivity contribution in [3.05, 3.63) is 84.2 Å². The molecule has 148 valence electrons. The molecule has 2 aromatic carbocycles. The fourth-order valence-corrected chi connectivity index (χ4v) is 3.00. The van der Waals surface area contributed by atoms with Crippen LogP contribution >= 0.6 is 0 Å². The fourth-order valence-electron chi connectivity index (χ4n) is 3.00. The molecule has 0 fully saturated rings. The molecule has 0 aliphatic carbocycles. The Balaban J connectivity index is 2.12. The van der Waals surface area contributed by atoms with E-state index in [1.807, 2.05) is 48.5 Å². The van der Waals surface area contributed by atoms with Crippen LogP contribution in [0.3, 0.4) is 0 Å². The Labute approximate surface area is 169 Å². The number of allylic oxidation sites excluding steroid dienone is 2. The summed E-state index contributed by atoms with van der Waals surface area (Å²) in [6.07, 6.45) is 6.63. The first kappa shape index (κ1) is 19.9. The van der Waals surface area contributed by atoms with Gasteiger partial charge in [0.05, 0.1) is 26.9 Å². The second-order valence-electron chi connectivity index (χ2n) is 6.10. The Kier molecular flexibility index (Phi) is 6.14. The van der Waals surface area contributed by atoms with Gasteiger partial charge in [0, 0.05) is 11.9 Å². The zero-order valence-electron chi connectivity index (χ0n) is 16.4. The number of carbonyl (C=O) groups excluding carboxylic acids is 2. The van der Waals surface area contributed by atoms with Gasteiger partial charge in [0.2, 0.25) is 0 Å². The molecule has 0 atom stereocenters. The first-order valence-corrected chi connectivity index (χ1v) is 8.88. The molecule has 0 bridgehead atoms. The number of esters is 2. The first-order valence-electron chi connectivity index (χ1n) is 8.88. The Morgan fingerprint density at radius 3 is 2.21 bits per heavy atom. The van der Waals surface area contributed by atoms with Crippen molar-refractivity contribution in [2.75, 3.05) is 26.2 Å². The van der Waals surface area contributed by atoms with Crippen molar-refractivity contribution in [1.29, 1.82) is 0 Å². The predicted octanol–water partition coefficient (Wildman–Crippen LogP) is 3.85. The number of benzene rings is 2. The highest BCUT2D eigenvalue weighted by molar-refractivity contribution is 6.05. The van der Waals surface area contributed by atoms with E-state index in [-0.39, 0.29) is 11.3 Å². The third kappa shape index (κ3) is 4.21. The molecule has 6 nitrogen and oxygen atoms in total. The quantitative estimate of drug-likeness (QED) is 0.722. The van der Waals surface area contributed by atoms with Crippen LogP contribution < -0.4 is 9.64 Å². The molecule has 29 heavy (non-hydrogen) atoms. The van der Waals surface area contributed by atoms with Crippen LogP contribution in [0.5, 0.6) is 5.75 Å². The Bertz CT molecular complexity index is 1020. The van der Waals surface area contributed by atoms with Crippen molar-refractivity contribution in [2.24, 2.45) is 0 Å². The second-order valence-corrected chi connectivity index (χ2v) is 6.10. The van der Waals surface area contributed by atoms with Gasteiger partial charge in [0.15, 0.2) is 0 Å². The van der Waals surface area contributed by atoms with Crippen molar-refractivity contribution < 1.29 is 23.8 Å². The van der Waals surface area contributed by atoms with Gasteiger partial charge in [-0.3, -0.25) is 0 Å². The van der Waals surface area contributed by atoms with Gasteiger partial charge in [-0.15, -0.1) is 0 Å². The largest absolute Gasteiger partial charge is 0.497 e. The van der Waals surface area contributed by atoms with Crippen LogP contribution in [0.2, 0.25) is 0 Å². The Hall–Kier alpha value is -3.80. The van der Waals surface area contributed by atoms with E-state index in [0.29, 0.717) is 5.69 Å². The van der Waals surface area contributed by atoms with E-state index in [9.17, 15) is 9.59 Å². The molecule has 1 aliphatic rings. The molecule has 0 saturated carbocycles. The van der Waals surface area contributed by atoms with E-state index >= 15 is 0 Å². The fraction of sp³-hybridized carbons (Fsp3) is 0.130. The number of anilines is 1. The molecule has 0 radical (unpaired) electrons. The SMILES string of the molecule is COC(=O)C1=C(C(=O)OC)N(c2cccc(-c3cccc(OC)c3)c2)C=CC=C1. The number of hydrogen-bond acceptors (Lipinski definition) is 6. The molecule has 0 amide bonds. The minimum absolute atomic E-state index is 0.0761. The lowest BCUT2D eigenvalue weighted by Gasteiger charge is -2.23. The molecule has 1 heterocycles. The molecular formula is C23H21NO5. The first-order chi connectivity index (χ1) is 14.1. The number of ether oxygens (including phenoxy) is 3.